The van der Waals surface area contributed by atoms with Gasteiger partial charge in [-0.25, -0.2) is 5.84 Å². The molecule has 0 saturated heterocycles. The van der Waals surface area contributed by atoms with E-state index < -0.39 is 18.0 Å². The lowest BCUT2D eigenvalue weighted by atomic mass is 10.2. The summed E-state index contributed by atoms with van der Waals surface area (Å²) < 4.78 is 40.1. The molecule has 0 heterocycles. The summed E-state index contributed by atoms with van der Waals surface area (Å²) in [6.07, 6.45) is -4.87. The number of halogens is 4. The minimum atomic E-state index is -4.87. The summed E-state index contributed by atoms with van der Waals surface area (Å²) in [5.41, 5.74) is 1.42. The number of nitrogen functional groups attached to an aromatic ring is 1. The van der Waals surface area contributed by atoms with Crippen molar-refractivity contribution in [3.05, 3.63) is 28.2 Å². The van der Waals surface area contributed by atoms with Crippen molar-refractivity contribution < 1.29 is 22.7 Å². The molecule has 4 nitrogen and oxygen atoms in total. The highest BCUT2D eigenvalue weighted by atomic mass is 79.9. The molecule has 1 aromatic rings. The summed E-state index contributed by atoms with van der Waals surface area (Å²) in [6, 6.07) is 3.58. The number of amides is 1. The number of hydrogen-bond donors (Lipinski definition) is 2. The average molecular weight is 299 g/mol. The Morgan fingerprint density at radius 1 is 1.44 bits per heavy atom. The monoisotopic (exact) mass is 298 g/mol. The van der Waals surface area contributed by atoms with E-state index in [0.717, 1.165) is 12.1 Å². The molecule has 1 aromatic carbocycles. The van der Waals surface area contributed by atoms with Gasteiger partial charge in [0.2, 0.25) is 0 Å². The van der Waals surface area contributed by atoms with Gasteiger partial charge in [-0.1, -0.05) is 15.9 Å². The lowest BCUT2D eigenvalue weighted by molar-refractivity contribution is -0.274. The summed E-state index contributed by atoms with van der Waals surface area (Å²) in [4.78, 5) is 11.1. The number of rotatable bonds is 2. The third-order valence-corrected chi connectivity index (χ3v) is 2.04. The number of carbonyl (C=O) groups excluding carboxylic acids is 1. The maximum atomic E-state index is 12.0. The van der Waals surface area contributed by atoms with Gasteiger partial charge in [-0.3, -0.25) is 10.2 Å². The Bertz CT molecular complexity index is 409. The third kappa shape index (κ3) is 3.38. The van der Waals surface area contributed by atoms with Crippen LogP contribution in [0.1, 0.15) is 10.4 Å². The van der Waals surface area contributed by atoms with Gasteiger partial charge < -0.3 is 4.74 Å². The molecule has 88 valence electrons. The van der Waals surface area contributed by atoms with Crippen molar-refractivity contribution in [1.82, 2.24) is 5.43 Å². The topological polar surface area (TPSA) is 64.3 Å². The minimum absolute atomic E-state index is 0.303. The van der Waals surface area contributed by atoms with Gasteiger partial charge in [0.05, 0.1) is 5.56 Å². The molecule has 0 saturated carbocycles. The van der Waals surface area contributed by atoms with Crippen molar-refractivity contribution in [3.63, 3.8) is 0 Å². The van der Waals surface area contributed by atoms with Gasteiger partial charge in [-0.05, 0) is 18.2 Å². The van der Waals surface area contributed by atoms with E-state index in [4.69, 9.17) is 5.84 Å². The molecule has 0 unspecified atom stereocenters. The minimum Gasteiger partial charge on any atom is -0.405 e. The fourth-order valence-corrected chi connectivity index (χ4v) is 1.31. The molecule has 0 bridgehead atoms. The lowest BCUT2D eigenvalue weighted by Crippen LogP contribution is -2.31. The zero-order valence-electron chi connectivity index (χ0n) is 7.64. The third-order valence-electron chi connectivity index (χ3n) is 1.55. The predicted molar refractivity (Wildman–Crippen MR) is 52.5 cm³/mol. The highest BCUT2D eigenvalue weighted by Gasteiger charge is 2.33. The number of nitrogens with one attached hydrogen (secondary N) is 1. The van der Waals surface area contributed by atoms with Crippen LogP contribution in [0.4, 0.5) is 13.2 Å². The van der Waals surface area contributed by atoms with Crippen molar-refractivity contribution in [2.24, 2.45) is 5.84 Å². The zero-order valence-corrected chi connectivity index (χ0v) is 9.22. The van der Waals surface area contributed by atoms with Crippen LogP contribution in [0, 0.1) is 0 Å². The number of alkyl halides is 3. The van der Waals surface area contributed by atoms with Crippen LogP contribution in [0.3, 0.4) is 0 Å². The van der Waals surface area contributed by atoms with Crippen LogP contribution < -0.4 is 16.0 Å². The lowest BCUT2D eigenvalue weighted by Gasteiger charge is -2.12. The summed E-state index contributed by atoms with van der Waals surface area (Å²) in [5, 5.41) is 0. The summed E-state index contributed by atoms with van der Waals surface area (Å²) in [5.74, 6) is 3.34. The van der Waals surface area contributed by atoms with Gasteiger partial charge in [-0.15, -0.1) is 13.2 Å². The fourth-order valence-electron chi connectivity index (χ4n) is 0.971. The van der Waals surface area contributed by atoms with E-state index in [1.54, 1.807) is 5.43 Å². The second-order valence-electron chi connectivity index (χ2n) is 2.66. The fraction of sp³-hybridized carbons (Fsp3) is 0.125. The molecule has 0 atom stereocenters. The first-order valence-corrected chi connectivity index (χ1v) is 4.69. The normalized spacial score (nSPS) is 11.1. The molecule has 16 heavy (non-hydrogen) atoms. The Hall–Kier alpha value is -1.28. The second kappa shape index (κ2) is 4.71. The van der Waals surface area contributed by atoms with Crippen LogP contribution in [-0.4, -0.2) is 12.3 Å². The molecular formula is C8H6BrF3N2O2. The van der Waals surface area contributed by atoms with Gasteiger partial charge in [0.1, 0.15) is 5.75 Å². The Morgan fingerprint density at radius 3 is 2.56 bits per heavy atom. The van der Waals surface area contributed by atoms with Crippen molar-refractivity contribution in [2.75, 3.05) is 0 Å². The van der Waals surface area contributed by atoms with Gasteiger partial charge in [-0.2, -0.15) is 0 Å². The van der Waals surface area contributed by atoms with Gasteiger partial charge in [0.25, 0.3) is 5.91 Å². The Labute approximate surface area is 96.7 Å². The number of benzene rings is 1. The van der Waals surface area contributed by atoms with Crippen molar-refractivity contribution in [1.29, 1.82) is 0 Å². The second-order valence-corrected chi connectivity index (χ2v) is 3.58. The molecule has 0 aromatic heterocycles. The smallest absolute Gasteiger partial charge is 0.405 e. The van der Waals surface area contributed by atoms with E-state index >= 15 is 0 Å². The van der Waals surface area contributed by atoms with Crippen LogP contribution in [0.5, 0.6) is 5.75 Å². The highest BCUT2D eigenvalue weighted by molar-refractivity contribution is 9.10. The van der Waals surface area contributed by atoms with Crippen LogP contribution in [0.2, 0.25) is 0 Å². The van der Waals surface area contributed by atoms with Gasteiger partial charge in [0.15, 0.2) is 0 Å². The molecule has 0 fully saturated rings. The van der Waals surface area contributed by atoms with E-state index in [9.17, 15) is 18.0 Å². The molecule has 1 amide bonds. The maximum absolute atomic E-state index is 12.0. The van der Waals surface area contributed by atoms with E-state index in [2.05, 4.69) is 20.7 Å². The molecule has 0 radical (unpaired) electrons. The summed E-state index contributed by atoms with van der Waals surface area (Å²) in [7, 11) is 0. The van der Waals surface area contributed by atoms with E-state index in [1.165, 1.54) is 6.07 Å². The SMILES string of the molecule is NNC(=O)c1ccc(Br)cc1OC(F)(F)F. The first-order chi connectivity index (χ1) is 7.33. The molecule has 3 N–H and O–H groups in total. The molecule has 0 aliphatic rings. The Balaban J connectivity index is 3.13. The Kier molecular flexibility index (Phi) is 3.76. The van der Waals surface area contributed by atoms with Crippen LogP contribution >= 0.6 is 15.9 Å². The summed E-state index contributed by atoms with van der Waals surface area (Å²) >= 11 is 2.96. The number of ether oxygens (including phenoxy) is 1. The van der Waals surface area contributed by atoms with Crippen LogP contribution in [0.25, 0.3) is 0 Å². The molecule has 0 aliphatic heterocycles. The van der Waals surface area contributed by atoms with Crippen LogP contribution in [0.15, 0.2) is 22.7 Å². The molecule has 1 rings (SSSR count). The van der Waals surface area contributed by atoms with Crippen LogP contribution in [-0.2, 0) is 0 Å². The molecular weight excluding hydrogens is 293 g/mol. The quantitative estimate of drug-likeness (QED) is 0.498. The first kappa shape index (κ1) is 12.8. The van der Waals surface area contributed by atoms with Crippen molar-refractivity contribution >= 4 is 21.8 Å². The standard InChI is InChI=1S/C8H6BrF3N2O2/c9-4-1-2-5(7(15)14-13)6(3-4)16-8(10,11)12/h1-3H,13H2,(H,14,15). The van der Waals surface area contributed by atoms with E-state index in [-0.39, 0.29) is 5.56 Å². The number of carbonyl (C=O) groups is 1. The molecule has 8 heteroatoms. The van der Waals surface area contributed by atoms with Crippen molar-refractivity contribution in [3.8, 4) is 5.75 Å². The molecule has 0 aliphatic carbocycles. The largest absolute Gasteiger partial charge is 0.573 e. The van der Waals surface area contributed by atoms with E-state index in [0.29, 0.717) is 4.47 Å². The number of hydrazine groups is 1. The highest BCUT2D eigenvalue weighted by Crippen LogP contribution is 2.29. The molecule has 0 spiro atoms. The predicted octanol–water partition coefficient (Wildman–Crippen LogP) is 1.95. The number of hydrogen-bond acceptors (Lipinski definition) is 3. The van der Waals surface area contributed by atoms with E-state index in [1.807, 2.05) is 0 Å². The number of nitrogens with two attached hydrogens (primary N) is 1. The Morgan fingerprint density at radius 2 is 2.06 bits per heavy atom. The van der Waals surface area contributed by atoms with Gasteiger partial charge in [0, 0.05) is 4.47 Å². The van der Waals surface area contributed by atoms with Crippen molar-refractivity contribution in [2.45, 2.75) is 6.36 Å². The average Bonchev–Trinajstić information content (AvgIpc) is 2.14. The summed E-state index contributed by atoms with van der Waals surface area (Å²) in [6.45, 7) is 0. The maximum Gasteiger partial charge on any atom is 0.573 e. The first-order valence-electron chi connectivity index (χ1n) is 3.90. The zero-order chi connectivity index (χ0) is 12.3. The van der Waals surface area contributed by atoms with Gasteiger partial charge >= 0.3 is 6.36 Å².